The van der Waals surface area contributed by atoms with Gasteiger partial charge in [0.25, 0.3) is 0 Å². The highest BCUT2D eigenvalue weighted by Crippen LogP contribution is 2.22. The summed E-state index contributed by atoms with van der Waals surface area (Å²) in [4.78, 5) is 13.2. The molecule has 0 aliphatic rings. The summed E-state index contributed by atoms with van der Waals surface area (Å²) in [5.74, 6) is 0.264. The van der Waals surface area contributed by atoms with Crippen molar-refractivity contribution in [3.05, 3.63) is 0 Å². The maximum atomic E-state index is 13.2. The molecule has 0 aromatic heterocycles. The van der Waals surface area contributed by atoms with Crippen molar-refractivity contribution in [2.24, 2.45) is 5.92 Å². The molecule has 52 heavy (non-hydrogen) atoms. The molecule has 0 fully saturated rings. The Hall–Kier alpha value is -0.530. The molecule has 2 heteroatoms. The van der Waals surface area contributed by atoms with Crippen LogP contribution in [0.1, 0.15) is 303 Å². The maximum Gasteiger partial charge on any atom is 0.308 e. The van der Waals surface area contributed by atoms with E-state index in [1.165, 1.54) is 263 Å². The molecule has 0 aromatic carbocycles. The van der Waals surface area contributed by atoms with E-state index < -0.39 is 0 Å². The molecule has 0 saturated carbocycles. The Balaban J connectivity index is 4.05. The van der Waals surface area contributed by atoms with E-state index in [1.54, 1.807) is 0 Å². The van der Waals surface area contributed by atoms with Gasteiger partial charge in [-0.05, 0) is 19.3 Å². The average Bonchev–Trinajstić information content (AvgIpc) is 3.15. The molecular weight excluding hydrogens is 633 g/mol. The van der Waals surface area contributed by atoms with Gasteiger partial charge in [0.1, 0.15) is 0 Å². The number of unbranched alkanes of at least 4 members (excludes halogenated alkanes) is 39. The van der Waals surface area contributed by atoms with Crippen LogP contribution in [-0.4, -0.2) is 12.6 Å². The Bertz CT molecular complexity index is 644. The third-order valence-electron chi connectivity index (χ3n) is 11.9. The third kappa shape index (κ3) is 42.2. The highest BCUT2D eigenvalue weighted by Gasteiger charge is 2.19. The molecule has 1 unspecified atom stereocenters. The summed E-state index contributed by atoms with van der Waals surface area (Å²) in [6.45, 7) is 7.54. The van der Waals surface area contributed by atoms with E-state index in [-0.39, 0.29) is 11.9 Å². The second kappa shape index (κ2) is 46.6. The molecule has 0 amide bonds. The van der Waals surface area contributed by atoms with Crippen LogP contribution in [0.5, 0.6) is 0 Å². The lowest BCUT2D eigenvalue weighted by Crippen LogP contribution is -2.18. The zero-order chi connectivity index (χ0) is 37.7. The van der Waals surface area contributed by atoms with Gasteiger partial charge in [-0.15, -0.1) is 0 Å². The first-order valence-corrected chi connectivity index (χ1v) is 24.9. The van der Waals surface area contributed by atoms with Gasteiger partial charge in [0.05, 0.1) is 12.5 Å². The molecule has 1 atom stereocenters. The van der Waals surface area contributed by atoms with E-state index in [0.29, 0.717) is 6.61 Å². The van der Waals surface area contributed by atoms with E-state index >= 15 is 0 Å². The van der Waals surface area contributed by atoms with Gasteiger partial charge in [-0.3, -0.25) is 4.79 Å². The van der Waals surface area contributed by atoms with Crippen LogP contribution >= 0.6 is 0 Å². The number of carbonyl (C=O) groups excluding carboxylic acids is 1. The summed E-state index contributed by atoms with van der Waals surface area (Å²) in [7, 11) is 0. The lowest BCUT2D eigenvalue weighted by atomic mass is 9.94. The summed E-state index contributed by atoms with van der Waals surface area (Å²) >= 11 is 0. The second-order valence-corrected chi connectivity index (χ2v) is 17.2. The Kier molecular flexibility index (Phi) is 46.1. The smallest absolute Gasteiger partial charge is 0.308 e. The zero-order valence-electron chi connectivity index (χ0n) is 36.7. The van der Waals surface area contributed by atoms with Crippen molar-refractivity contribution in [3.63, 3.8) is 0 Å². The number of ether oxygens (including phenoxy) is 1. The number of hydrogen-bond acceptors (Lipinski definition) is 2. The van der Waals surface area contributed by atoms with Crippen LogP contribution in [0.4, 0.5) is 0 Å². The fourth-order valence-electron chi connectivity index (χ4n) is 8.14. The Labute approximate surface area is 330 Å². The Morgan fingerprint density at radius 2 is 0.481 bits per heavy atom. The van der Waals surface area contributed by atoms with Crippen molar-refractivity contribution in [2.45, 2.75) is 303 Å². The maximum absolute atomic E-state index is 13.2. The van der Waals surface area contributed by atoms with Crippen molar-refractivity contribution < 1.29 is 9.53 Å². The SMILES string of the molecule is CCCCCCCCCCCCCCCCCCC(CCCCCCCCCCCCCC)C(=O)OCCCCCCCCCCCCCCCC. The van der Waals surface area contributed by atoms with Crippen LogP contribution in [0.2, 0.25) is 0 Å². The molecule has 0 aliphatic carbocycles. The van der Waals surface area contributed by atoms with Crippen molar-refractivity contribution in [2.75, 3.05) is 6.61 Å². The molecule has 0 spiro atoms. The third-order valence-corrected chi connectivity index (χ3v) is 11.9. The predicted molar refractivity (Wildman–Crippen MR) is 235 cm³/mol. The van der Waals surface area contributed by atoms with Crippen molar-refractivity contribution in [3.8, 4) is 0 Å². The predicted octanol–water partition coefficient (Wildman–Crippen LogP) is 18.4. The first-order valence-electron chi connectivity index (χ1n) is 24.9. The van der Waals surface area contributed by atoms with Crippen molar-refractivity contribution in [1.82, 2.24) is 0 Å². The van der Waals surface area contributed by atoms with Crippen LogP contribution < -0.4 is 0 Å². The topological polar surface area (TPSA) is 26.3 Å². The van der Waals surface area contributed by atoms with E-state index in [2.05, 4.69) is 20.8 Å². The first kappa shape index (κ1) is 51.5. The van der Waals surface area contributed by atoms with Gasteiger partial charge >= 0.3 is 5.97 Å². The normalized spacial score (nSPS) is 12.1. The van der Waals surface area contributed by atoms with Crippen LogP contribution in [0.3, 0.4) is 0 Å². The highest BCUT2D eigenvalue weighted by atomic mass is 16.5. The zero-order valence-corrected chi connectivity index (χ0v) is 36.7. The summed E-state index contributed by atoms with van der Waals surface area (Å²) in [5.41, 5.74) is 0. The molecular formula is C50H100O2. The van der Waals surface area contributed by atoms with Gasteiger partial charge in [-0.2, -0.15) is 0 Å². The van der Waals surface area contributed by atoms with Crippen molar-refractivity contribution >= 4 is 5.97 Å². The molecule has 0 radical (unpaired) electrons. The molecule has 0 rings (SSSR count). The monoisotopic (exact) mass is 733 g/mol. The minimum Gasteiger partial charge on any atom is -0.465 e. The molecule has 0 saturated heterocycles. The lowest BCUT2D eigenvalue weighted by Gasteiger charge is -2.16. The minimum atomic E-state index is 0.124. The Morgan fingerprint density at radius 1 is 0.288 bits per heavy atom. The van der Waals surface area contributed by atoms with Crippen LogP contribution in [0, 0.1) is 5.92 Å². The van der Waals surface area contributed by atoms with E-state index in [0.717, 1.165) is 19.3 Å². The number of esters is 1. The minimum absolute atomic E-state index is 0.124. The fraction of sp³-hybridized carbons (Fsp3) is 0.980. The first-order chi connectivity index (χ1) is 25.8. The summed E-state index contributed by atoms with van der Waals surface area (Å²) in [5, 5.41) is 0. The molecule has 0 heterocycles. The molecule has 0 aromatic rings. The molecule has 2 nitrogen and oxygen atoms in total. The van der Waals surface area contributed by atoms with Crippen molar-refractivity contribution in [1.29, 1.82) is 0 Å². The molecule has 0 aliphatic heterocycles. The Morgan fingerprint density at radius 3 is 0.712 bits per heavy atom. The number of carbonyl (C=O) groups is 1. The van der Waals surface area contributed by atoms with Gasteiger partial charge in [-0.25, -0.2) is 0 Å². The largest absolute Gasteiger partial charge is 0.465 e. The molecule has 312 valence electrons. The van der Waals surface area contributed by atoms with Gasteiger partial charge < -0.3 is 4.74 Å². The standard InChI is InChI=1S/C50H100O2/c1-4-7-10-13-16-19-22-25-27-28-29-32-35-38-41-44-47-49(46-43-40-37-34-31-24-21-18-15-12-9-6-3)50(51)52-48-45-42-39-36-33-30-26-23-20-17-14-11-8-5-2/h49H,4-48H2,1-3H3. The molecule has 0 N–H and O–H groups in total. The van der Waals surface area contributed by atoms with Gasteiger partial charge in [0.15, 0.2) is 0 Å². The van der Waals surface area contributed by atoms with E-state index in [1.807, 2.05) is 0 Å². The quantitative estimate of drug-likeness (QED) is 0.0460. The van der Waals surface area contributed by atoms with E-state index in [4.69, 9.17) is 4.74 Å². The summed E-state index contributed by atoms with van der Waals surface area (Å²) in [6, 6.07) is 0. The highest BCUT2D eigenvalue weighted by molar-refractivity contribution is 5.72. The van der Waals surface area contributed by atoms with Gasteiger partial charge in [-0.1, -0.05) is 284 Å². The van der Waals surface area contributed by atoms with Gasteiger partial charge in [0.2, 0.25) is 0 Å². The lowest BCUT2D eigenvalue weighted by molar-refractivity contribution is -0.149. The number of hydrogen-bond donors (Lipinski definition) is 0. The fourth-order valence-corrected chi connectivity index (χ4v) is 8.14. The van der Waals surface area contributed by atoms with Crippen LogP contribution in [-0.2, 0) is 9.53 Å². The molecule has 0 bridgehead atoms. The summed E-state index contributed by atoms with van der Waals surface area (Å²) in [6.07, 6.45) is 60.1. The summed E-state index contributed by atoms with van der Waals surface area (Å²) < 4.78 is 5.91. The van der Waals surface area contributed by atoms with E-state index in [9.17, 15) is 4.79 Å². The van der Waals surface area contributed by atoms with Crippen LogP contribution in [0.15, 0.2) is 0 Å². The average molecular weight is 733 g/mol. The number of rotatable bonds is 46. The van der Waals surface area contributed by atoms with Crippen LogP contribution in [0.25, 0.3) is 0 Å². The van der Waals surface area contributed by atoms with Gasteiger partial charge in [0, 0.05) is 0 Å². The second-order valence-electron chi connectivity index (χ2n) is 17.2.